The lowest BCUT2D eigenvalue weighted by atomic mass is 10.1. The van der Waals surface area contributed by atoms with Crippen molar-refractivity contribution in [3.8, 4) is 0 Å². The monoisotopic (exact) mass is 336 g/mol. The van der Waals surface area contributed by atoms with E-state index in [-0.39, 0.29) is 16.8 Å². The van der Waals surface area contributed by atoms with E-state index in [0.717, 1.165) is 0 Å². The van der Waals surface area contributed by atoms with E-state index in [1.165, 1.54) is 12.1 Å². The molecule has 1 aromatic heterocycles. The van der Waals surface area contributed by atoms with E-state index in [4.69, 9.17) is 21.9 Å². The van der Waals surface area contributed by atoms with Crippen LogP contribution in [0, 0.1) is 13.8 Å². The Hall–Kier alpha value is -2.38. The fraction of sp³-hybridized carbons (Fsp3) is 0.267. The zero-order valence-corrected chi connectivity index (χ0v) is 13.5. The minimum absolute atomic E-state index is 0.232. The number of nitrogens with one attached hydrogen (secondary N) is 2. The molecule has 0 atom stereocenters. The predicted octanol–water partition coefficient (Wildman–Crippen LogP) is 1.89. The first-order valence-corrected chi connectivity index (χ1v) is 7.34. The second kappa shape index (κ2) is 7.26. The number of carbonyl (C=O) groups is 2. The molecule has 122 valence electrons. The minimum atomic E-state index is -0.349. The number of carbonyl (C=O) groups excluding carboxylic acids is 2. The van der Waals surface area contributed by atoms with Gasteiger partial charge in [-0.05, 0) is 32.0 Å². The van der Waals surface area contributed by atoms with E-state index in [2.05, 4.69) is 15.8 Å². The van der Waals surface area contributed by atoms with Gasteiger partial charge in [-0.2, -0.15) is 0 Å². The zero-order valence-electron chi connectivity index (χ0n) is 12.8. The standard InChI is InChI=1S/C15H17ClN4O3/c1-8-13(9(2)23-20-8)15(22)19-10-3-4-11(12(16)7-10)14(21)18-6-5-17/h3-4,7H,5-6,17H2,1-2H3,(H,18,21)(H,19,22). The highest BCUT2D eigenvalue weighted by atomic mass is 35.5. The Morgan fingerprint density at radius 1 is 1.30 bits per heavy atom. The maximum Gasteiger partial charge on any atom is 0.261 e. The molecule has 2 amide bonds. The summed E-state index contributed by atoms with van der Waals surface area (Å²) in [6, 6.07) is 4.64. The van der Waals surface area contributed by atoms with E-state index < -0.39 is 0 Å². The first-order chi connectivity index (χ1) is 10.9. The first-order valence-electron chi connectivity index (χ1n) is 6.96. The molecule has 23 heavy (non-hydrogen) atoms. The molecule has 0 aliphatic heterocycles. The fourth-order valence-corrected chi connectivity index (χ4v) is 2.33. The van der Waals surface area contributed by atoms with Crippen LogP contribution in [0.3, 0.4) is 0 Å². The van der Waals surface area contributed by atoms with Crippen molar-refractivity contribution < 1.29 is 14.1 Å². The summed E-state index contributed by atoms with van der Waals surface area (Å²) in [6.45, 7) is 4.05. The van der Waals surface area contributed by atoms with Gasteiger partial charge in [-0.3, -0.25) is 9.59 Å². The summed E-state index contributed by atoms with van der Waals surface area (Å²) in [5, 5.41) is 9.30. The molecule has 2 aromatic rings. The molecular formula is C15H17ClN4O3. The van der Waals surface area contributed by atoms with Gasteiger partial charge in [0.2, 0.25) is 0 Å². The van der Waals surface area contributed by atoms with Crippen molar-refractivity contribution in [2.45, 2.75) is 13.8 Å². The average Bonchev–Trinajstić information content (AvgIpc) is 2.84. The molecule has 0 spiro atoms. The van der Waals surface area contributed by atoms with Gasteiger partial charge in [-0.25, -0.2) is 0 Å². The van der Waals surface area contributed by atoms with E-state index in [1.54, 1.807) is 19.9 Å². The summed E-state index contributed by atoms with van der Waals surface area (Å²) in [4.78, 5) is 24.1. The van der Waals surface area contributed by atoms with E-state index >= 15 is 0 Å². The predicted molar refractivity (Wildman–Crippen MR) is 86.8 cm³/mol. The lowest BCUT2D eigenvalue weighted by Crippen LogP contribution is -2.29. The summed E-state index contributed by atoms with van der Waals surface area (Å²) < 4.78 is 4.97. The van der Waals surface area contributed by atoms with Crippen LogP contribution in [-0.4, -0.2) is 30.1 Å². The Morgan fingerprint density at radius 3 is 2.61 bits per heavy atom. The highest BCUT2D eigenvalue weighted by Gasteiger charge is 2.18. The number of hydrogen-bond donors (Lipinski definition) is 3. The van der Waals surface area contributed by atoms with Crippen molar-refractivity contribution in [3.05, 3.63) is 45.8 Å². The van der Waals surface area contributed by atoms with Crippen molar-refractivity contribution in [3.63, 3.8) is 0 Å². The van der Waals surface area contributed by atoms with Crippen molar-refractivity contribution in [1.82, 2.24) is 10.5 Å². The number of halogens is 1. The lowest BCUT2D eigenvalue weighted by Gasteiger charge is -2.09. The van der Waals surface area contributed by atoms with Gasteiger partial charge in [0.05, 0.1) is 16.3 Å². The van der Waals surface area contributed by atoms with Crippen molar-refractivity contribution >= 4 is 29.1 Å². The molecule has 0 bridgehead atoms. The van der Waals surface area contributed by atoms with E-state index in [9.17, 15) is 9.59 Å². The second-order valence-electron chi connectivity index (χ2n) is 4.89. The number of rotatable bonds is 5. The summed E-state index contributed by atoms with van der Waals surface area (Å²) in [5.74, 6) is -0.231. The Balaban J connectivity index is 2.15. The number of aromatic nitrogens is 1. The summed E-state index contributed by atoms with van der Waals surface area (Å²) in [7, 11) is 0. The highest BCUT2D eigenvalue weighted by Crippen LogP contribution is 2.22. The Bertz CT molecular complexity index is 723. The van der Waals surface area contributed by atoms with Crippen LogP contribution in [0.5, 0.6) is 0 Å². The molecule has 0 saturated carbocycles. The highest BCUT2D eigenvalue weighted by molar-refractivity contribution is 6.34. The molecule has 0 unspecified atom stereocenters. The molecule has 0 saturated heterocycles. The van der Waals surface area contributed by atoms with Crippen LogP contribution in [0.1, 0.15) is 32.2 Å². The van der Waals surface area contributed by atoms with Gasteiger partial charge in [0, 0.05) is 18.8 Å². The molecular weight excluding hydrogens is 320 g/mol. The number of nitrogens with zero attached hydrogens (tertiary/aromatic N) is 1. The van der Waals surface area contributed by atoms with Crippen LogP contribution in [0.4, 0.5) is 5.69 Å². The lowest BCUT2D eigenvalue weighted by molar-refractivity contribution is 0.0954. The fourth-order valence-electron chi connectivity index (χ4n) is 2.06. The van der Waals surface area contributed by atoms with Gasteiger partial charge >= 0.3 is 0 Å². The normalized spacial score (nSPS) is 10.4. The zero-order chi connectivity index (χ0) is 17.0. The van der Waals surface area contributed by atoms with Gasteiger partial charge in [0.1, 0.15) is 11.3 Å². The molecule has 1 aromatic carbocycles. The molecule has 7 nitrogen and oxygen atoms in total. The van der Waals surface area contributed by atoms with Crippen LogP contribution in [0.25, 0.3) is 0 Å². The maximum atomic E-state index is 12.2. The minimum Gasteiger partial charge on any atom is -0.361 e. The van der Waals surface area contributed by atoms with Gasteiger partial charge in [-0.1, -0.05) is 16.8 Å². The van der Waals surface area contributed by atoms with Crippen LogP contribution in [-0.2, 0) is 0 Å². The largest absolute Gasteiger partial charge is 0.361 e. The Labute approximate surface area is 138 Å². The van der Waals surface area contributed by atoms with Crippen LogP contribution in [0.2, 0.25) is 5.02 Å². The molecule has 2 rings (SSSR count). The van der Waals surface area contributed by atoms with Gasteiger partial charge in [0.15, 0.2) is 0 Å². The van der Waals surface area contributed by atoms with Crippen LogP contribution in [0.15, 0.2) is 22.7 Å². The summed E-state index contributed by atoms with van der Waals surface area (Å²) >= 11 is 6.10. The van der Waals surface area contributed by atoms with E-state index in [1.807, 2.05) is 0 Å². The Kier molecular flexibility index (Phi) is 5.36. The number of benzene rings is 1. The number of amides is 2. The number of nitrogens with two attached hydrogens (primary N) is 1. The van der Waals surface area contributed by atoms with Crippen molar-refractivity contribution in [1.29, 1.82) is 0 Å². The second-order valence-corrected chi connectivity index (χ2v) is 5.30. The van der Waals surface area contributed by atoms with E-state index in [0.29, 0.717) is 41.4 Å². The molecule has 0 radical (unpaired) electrons. The summed E-state index contributed by atoms with van der Waals surface area (Å²) in [5.41, 5.74) is 7.00. The summed E-state index contributed by atoms with van der Waals surface area (Å²) in [6.07, 6.45) is 0. The average molecular weight is 337 g/mol. The molecule has 1 heterocycles. The molecule has 8 heteroatoms. The third-order valence-corrected chi connectivity index (χ3v) is 3.47. The quantitative estimate of drug-likeness (QED) is 0.772. The Morgan fingerprint density at radius 2 is 2.04 bits per heavy atom. The first kappa shape index (κ1) is 17.0. The van der Waals surface area contributed by atoms with Crippen molar-refractivity contribution in [2.24, 2.45) is 5.73 Å². The topological polar surface area (TPSA) is 110 Å². The third-order valence-electron chi connectivity index (χ3n) is 3.16. The molecule has 0 aliphatic rings. The SMILES string of the molecule is Cc1noc(C)c1C(=O)Nc1ccc(C(=O)NCCN)c(Cl)c1. The number of hydrogen-bond acceptors (Lipinski definition) is 5. The molecule has 0 fully saturated rings. The number of aryl methyl sites for hydroxylation is 2. The number of anilines is 1. The van der Waals surface area contributed by atoms with Gasteiger partial charge < -0.3 is 20.9 Å². The van der Waals surface area contributed by atoms with Gasteiger partial charge in [-0.15, -0.1) is 0 Å². The molecule has 4 N–H and O–H groups in total. The van der Waals surface area contributed by atoms with Crippen molar-refractivity contribution in [2.75, 3.05) is 18.4 Å². The van der Waals surface area contributed by atoms with Crippen LogP contribution >= 0.6 is 11.6 Å². The van der Waals surface area contributed by atoms with Gasteiger partial charge in [0.25, 0.3) is 11.8 Å². The third kappa shape index (κ3) is 3.88. The maximum absolute atomic E-state index is 12.2. The van der Waals surface area contributed by atoms with Crippen LogP contribution < -0.4 is 16.4 Å². The molecule has 0 aliphatic carbocycles. The smallest absolute Gasteiger partial charge is 0.261 e.